The monoisotopic (exact) mass is 560 g/mol. The zero-order valence-corrected chi connectivity index (χ0v) is 24.0. The summed E-state index contributed by atoms with van der Waals surface area (Å²) < 4.78 is 31.4. The third-order valence-electron chi connectivity index (χ3n) is 10.3. The summed E-state index contributed by atoms with van der Waals surface area (Å²) in [6, 6.07) is 0. The first-order chi connectivity index (χ1) is 19.0. The van der Waals surface area contributed by atoms with Crippen molar-refractivity contribution in [1.82, 2.24) is 0 Å². The van der Waals surface area contributed by atoms with Gasteiger partial charge >= 0.3 is 5.97 Å². The van der Waals surface area contributed by atoms with Crippen LogP contribution in [0, 0.1) is 17.8 Å². The molecule has 0 aromatic rings. The van der Waals surface area contributed by atoms with Gasteiger partial charge in [-0.05, 0) is 50.7 Å². The van der Waals surface area contributed by atoms with Crippen molar-refractivity contribution in [3.63, 3.8) is 0 Å². The van der Waals surface area contributed by atoms with E-state index in [-0.39, 0.29) is 37.4 Å². The van der Waals surface area contributed by atoms with Gasteiger partial charge in [-0.3, -0.25) is 4.79 Å². The second kappa shape index (κ2) is 10.3. The molecule has 0 aromatic heterocycles. The Morgan fingerprint density at radius 3 is 2.65 bits per heavy atom. The molecule has 4 saturated heterocycles. The van der Waals surface area contributed by atoms with Crippen molar-refractivity contribution in [2.24, 2.45) is 17.8 Å². The molecule has 3 N–H and O–H groups in total. The molecule has 6 rings (SSSR count). The summed E-state index contributed by atoms with van der Waals surface area (Å²) in [6.45, 7) is 8.07. The lowest BCUT2D eigenvalue weighted by Crippen LogP contribution is -2.58. The predicted molar refractivity (Wildman–Crippen MR) is 144 cm³/mol. The van der Waals surface area contributed by atoms with Crippen LogP contribution < -0.4 is 0 Å². The van der Waals surface area contributed by atoms with Gasteiger partial charge in [0, 0.05) is 38.2 Å². The SMILES string of the molecule is CC1=C[C@H]2C(=O)O[C@H]3C[C@@H](C[C@H]4O[C@@]4(C)C[C@@H](CO)/C=C/C=C4\CO[C@H]([C@@H]1O)[C@@]42O)O[C@@]1(CC[C@H](C)C(C)O1)C3. The smallest absolute Gasteiger partial charge is 0.316 e. The number of ether oxygens (including phenoxy) is 5. The first-order valence-corrected chi connectivity index (χ1v) is 14.9. The lowest BCUT2D eigenvalue weighted by molar-refractivity contribution is -0.333. The van der Waals surface area contributed by atoms with Crippen LogP contribution in [0.15, 0.2) is 35.5 Å². The summed E-state index contributed by atoms with van der Waals surface area (Å²) in [5.74, 6) is -2.18. The third kappa shape index (κ3) is 4.91. The second-order valence-corrected chi connectivity index (χ2v) is 13.3. The van der Waals surface area contributed by atoms with Crippen LogP contribution in [0.25, 0.3) is 0 Å². The molecule has 40 heavy (non-hydrogen) atoms. The van der Waals surface area contributed by atoms with E-state index in [2.05, 4.69) is 20.8 Å². The molecule has 2 bridgehead atoms. The Kier molecular flexibility index (Phi) is 7.34. The van der Waals surface area contributed by atoms with Crippen molar-refractivity contribution in [1.29, 1.82) is 0 Å². The Bertz CT molecular complexity index is 1100. The molecule has 12 atom stereocenters. The van der Waals surface area contributed by atoms with Crippen LogP contribution in [0.2, 0.25) is 0 Å². The number of fused-ring (bicyclic) bond motifs is 3. The average Bonchev–Trinajstić information content (AvgIpc) is 3.39. The highest BCUT2D eigenvalue weighted by Crippen LogP contribution is 2.50. The van der Waals surface area contributed by atoms with E-state index in [1.54, 1.807) is 25.2 Å². The zero-order valence-electron chi connectivity index (χ0n) is 24.0. The van der Waals surface area contributed by atoms with Crippen LogP contribution in [0.3, 0.4) is 0 Å². The fourth-order valence-electron chi connectivity index (χ4n) is 7.55. The predicted octanol–water partition coefficient (Wildman–Crippen LogP) is 2.72. The van der Waals surface area contributed by atoms with Gasteiger partial charge in [-0.15, -0.1) is 0 Å². The van der Waals surface area contributed by atoms with Crippen LogP contribution in [-0.2, 0) is 28.5 Å². The van der Waals surface area contributed by atoms with Crippen LogP contribution in [0.1, 0.15) is 66.2 Å². The highest BCUT2D eigenvalue weighted by Gasteiger charge is 2.60. The van der Waals surface area contributed by atoms with Crippen molar-refractivity contribution in [2.45, 2.75) is 120 Å². The Hall–Kier alpha value is -1.59. The molecule has 1 unspecified atom stereocenters. The van der Waals surface area contributed by atoms with Crippen molar-refractivity contribution in [3.8, 4) is 0 Å². The van der Waals surface area contributed by atoms with E-state index in [0.717, 1.165) is 6.42 Å². The van der Waals surface area contributed by atoms with Gasteiger partial charge in [0.15, 0.2) is 5.79 Å². The van der Waals surface area contributed by atoms with Crippen molar-refractivity contribution >= 4 is 5.97 Å². The van der Waals surface area contributed by atoms with E-state index >= 15 is 0 Å². The van der Waals surface area contributed by atoms with Gasteiger partial charge in [-0.25, -0.2) is 0 Å². The van der Waals surface area contributed by atoms with Gasteiger partial charge in [-0.2, -0.15) is 0 Å². The minimum absolute atomic E-state index is 0.0106. The molecule has 9 heteroatoms. The first kappa shape index (κ1) is 28.5. The Balaban J connectivity index is 1.36. The average molecular weight is 561 g/mol. The second-order valence-electron chi connectivity index (χ2n) is 13.3. The number of carbonyl (C=O) groups is 1. The minimum atomic E-state index is -1.75. The quantitative estimate of drug-likeness (QED) is 0.252. The topological polar surface area (TPSA) is 127 Å². The number of rotatable bonds is 1. The fourth-order valence-corrected chi connectivity index (χ4v) is 7.55. The maximum absolute atomic E-state index is 13.9. The number of hydrogen-bond donors (Lipinski definition) is 3. The highest BCUT2D eigenvalue weighted by atomic mass is 16.7. The minimum Gasteiger partial charge on any atom is -0.462 e. The molecule has 0 amide bonds. The Labute approximate surface area is 236 Å². The molecule has 1 aliphatic carbocycles. The molecule has 1 spiro atoms. The van der Waals surface area contributed by atoms with Gasteiger partial charge < -0.3 is 39.0 Å². The fraction of sp³-hybridized carbons (Fsp3) is 0.774. The number of allylic oxidation sites excluding steroid dienone is 2. The molecule has 222 valence electrons. The van der Waals surface area contributed by atoms with Crippen LogP contribution >= 0.6 is 0 Å². The van der Waals surface area contributed by atoms with E-state index in [1.807, 2.05) is 6.08 Å². The van der Waals surface area contributed by atoms with Crippen molar-refractivity contribution < 1.29 is 43.8 Å². The van der Waals surface area contributed by atoms with Crippen LogP contribution in [0.5, 0.6) is 0 Å². The van der Waals surface area contributed by atoms with Gasteiger partial charge in [0.1, 0.15) is 29.8 Å². The van der Waals surface area contributed by atoms with E-state index < -0.39 is 47.2 Å². The highest BCUT2D eigenvalue weighted by molar-refractivity contribution is 5.78. The van der Waals surface area contributed by atoms with E-state index in [4.69, 9.17) is 23.7 Å². The van der Waals surface area contributed by atoms with Crippen molar-refractivity contribution in [3.05, 3.63) is 35.5 Å². The molecule has 6 aliphatic rings. The maximum Gasteiger partial charge on any atom is 0.316 e. The summed E-state index contributed by atoms with van der Waals surface area (Å²) in [6.07, 6.45) is 8.15. The van der Waals surface area contributed by atoms with E-state index in [9.17, 15) is 20.1 Å². The molecule has 9 nitrogen and oxygen atoms in total. The summed E-state index contributed by atoms with van der Waals surface area (Å²) in [4.78, 5) is 13.9. The lowest BCUT2D eigenvalue weighted by atomic mass is 9.71. The van der Waals surface area contributed by atoms with Gasteiger partial charge in [-0.1, -0.05) is 31.2 Å². The number of hydrogen-bond acceptors (Lipinski definition) is 9. The normalized spacial score (nSPS) is 53.0. The summed E-state index contributed by atoms with van der Waals surface area (Å²) in [5.41, 5.74) is -1.09. The summed E-state index contributed by atoms with van der Waals surface area (Å²) in [5, 5.41) is 33.0. The number of carbonyl (C=O) groups excluding carboxylic acids is 1. The molecular weight excluding hydrogens is 516 g/mol. The number of aliphatic hydroxyl groups excluding tert-OH is 2. The maximum atomic E-state index is 13.9. The number of esters is 1. The van der Waals surface area contributed by atoms with Gasteiger partial charge in [0.05, 0.1) is 30.5 Å². The molecule has 0 aromatic carbocycles. The van der Waals surface area contributed by atoms with Crippen molar-refractivity contribution in [2.75, 3.05) is 13.2 Å². The van der Waals surface area contributed by atoms with Gasteiger partial charge in [0.2, 0.25) is 0 Å². The Morgan fingerprint density at radius 1 is 1.10 bits per heavy atom. The van der Waals surface area contributed by atoms with Gasteiger partial charge in [0.25, 0.3) is 0 Å². The standard InChI is InChI=1S/C31H44O9/c1-17-8-9-30(38-19(17)3)14-23-11-22(39-30)12-25-29(4,40-25)13-20(15-32)6-5-7-21-16-36-27-26(33)18(2)10-24(28(34)37-23)31(21,27)35/h5-7,10,17,19-20,22-27,32-33,35H,8-9,11-16H2,1-4H3/b6-5+,21-7+/t17-,19?,20-,22-,23-,24-,25+,26+,27+,29-,30-,31+/m0/s1. The van der Waals surface area contributed by atoms with E-state index in [0.29, 0.717) is 49.2 Å². The van der Waals surface area contributed by atoms with Crippen LogP contribution in [0.4, 0.5) is 0 Å². The molecule has 0 radical (unpaired) electrons. The lowest BCUT2D eigenvalue weighted by Gasteiger charge is -2.49. The summed E-state index contributed by atoms with van der Waals surface area (Å²) >= 11 is 0. The third-order valence-corrected chi connectivity index (χ3v) is 10.3. The molecule has 0 saturated carbocycles. The molecular formula is C31H44O9. The first-order valence-electron chi connectivity index (χ1n) is 14.9. The summed E-state index contributed by atoms with van der Waals surface area (Å²) in [7, 11) is 0. The molecule has 5 heterocycles. The number of aliphatic hydroxyl groups is 3. The largest absolute Gasteiger partial charge is 0.462 e. The zero-order chi connectivity index (χ0) is 28.4. The van der Waals surface area contributed by atoms with Crippen LogP contribution in [-0.4, -0.2) is 88.1 Å². The number of epoxide rings is 1. The Morgan fingerprint density at radius 2 is 1.90 bits per heavy atom. The van der Waals surface area contributed by atoms with E-state index in [1.165, 1.54) is 0 Å². The molecule has 5 aliphatic heterocycles. The molecule has 4 fully saturated rings.